The molecule has 2 rings (SSSR count). The van der Waals surface area contributed by atoms with E-state index < -0.39 is 5.60 Å². The minimum Gasteiger partial charge on any atom is -0.496 e. The summed E-state index contributed by atoms with van der Waals surface area (Å²) in [5, 5.41) is 0. The van der Waals surface area contributed by atoms with Crippen molar-refractivity contribution in [1.29, 1.82) is 0 Å². The maximum atomic E-state index is 12.2. The quantitative estimate of drug-likeness (QED) is 0.595. The number of ether oxygens (including phenoxy) is 3. The smallest absolute Gasteiger partial charge is 0.410 e. The van der Waals surface area contributed by atoms with Crippen molar-refractivity contribution in [2.75, 3.05) is 20.2 Å². The van der Waals surface area contributed by atoms with Crippen molar-refractivity contribution in [2.45, 2.75) is 73.0 Å². The molecule has 1 fully saturated rings. The van der Waals surface area contributed by atoms with Gasteiger partial charge in [-0.2, -0.15) is 0 Å². The highest BCUT2D eigenvalue weighted by Crippen LogP contribution is 2.27. The fourth-order valence-electron chi connectivity index (χ4n) is 2.94. The third kappa shape index (κ3) is 7.10. The van der Waals surface area contributed by atoms with E-state index in [1.165, 1.54) is 0 Å². The second kappa shape index (κ2) is 11.0. The van der Waals surface area contributed by atoms with Crippen LogP contribution in [0.25, 0.3) is 5.76 Å². The van der Waals surface area contributed by atoms with Crippen LogP contribution < -0.4 is 4.74 Å². The van der Waals surface area contributed by atoms with Gasteiger partial charge in [0.1, 0.15) is 23.2 Å². The predicted octanol–water partition coefficient (Wildman–Crippen LogP) is 5.81. The van der Waals surface area contributed by atoms with E-state index in [2.05, 4.69) is 19.1 Å². The number of likely N-dealkylation sites (tertiary alicyclic amines) is 1. The fraction of sp³-hybridized carbons (Fsp3) is 0.609. The molecule has 28 heavy (non-hydrogen) atoms. The second-order valence-corrected chi connectivity index (χ2v) is 7.62. The van der Waals surface area contributed by atoms with Gasteiger partial charge in [-0.3, -0.25) is 0 Å². The first kappa shape index (κ1) is 23.9. The van der Waals surface area contributed by atoms with Crippen LogP contribution in [0.15, 0.2) is 24.3 Å². The molecule has 1 aliphatic rings. The number of hydrogen-bond donors (Lipinski definition) is 0. The standard InChI is InChI=1S/C21H31NO4.C2H6/c1-7-8-19(24-6)16-9-10-18(15(2)13-16)25-17-11-12-22(14-17)20(23)26-21(3,4)5;1-2/h8-10,13,17H,7,11-12,14H2,1-6H3;1-2H3/b19-8-;. The van der Waals surface area contributed by atoms with Crippen LogP contribution >= 0.6 is 0 Å². The fourth-order valence-corrected chi connectivity index (χ4v) is 2.94. The van der Waals surface area contributed by atoms with E-state index in [4.69, 9.17) is 14.2 Å². The molecule has 1 aliphatic heterocycles. The lowest BCUT2D eigenvalue weighted by Crippen LogP contribution is -2.36. The zero-order valence-electron chi connectivity index (χ0n) is 18.8. The highest BCUT2D eigenvalue weighted by Gasteiger charge is 2.31. The topological polar surface area (TPSA) is 48.0 Å². The summed E-state index contributed by atoms with van der Waals surface area (Å²) in [6.07, 6.45) is 3.50. The lowest BCUT2D eigenvalue weighted by atomic mass is 10.1. The molecule has 0 aliphatic carbocycles. The van der Waals surface area contributed by atoms with E-state index in [-0.39, 0.29) is 12.2 Å². The lowest BCUT2D eigenvalue weighted by molar-refractivity contribution is 0.0275. The highest BCUT2D eigenvalue weighted by atomic mass is 16.6. The summed E-state index contributed by atoms with van der Waals surface area (Å²) >= 11 is 0. The molecule has 158 valence electrons. The average molecular weight is 392 g/mol. The van der Waals surface area contributed by atoms with Crippen LogP contribution in [0.3, 0.4) is 0 Å². The molecule has 1 aromatic rings. The van der Waals surface area contributed by atoms with Crippen LogP contribution in [-0.4, -0.2) is 42.9 Å². The van der Waals surface area contributed by atoms with Gasteiger partial charge in [0.2, 0.25) is 0 Å². The Bertz CT molecular complexity index is 661. The molecular weight excluding hydrogens is 354 g/mol. The zero-order chi connectivity index (χ0) is 21.3. The van der Waals surface area contributed by atoms with Gasteiger partial charge in [0, 0.05) is 18.5 Å². The maximum absolute atomic E-state index is 12.2. The van der Waals surface area contributed by atoms with Crippen molar-refractivity contribution in [3.05, 3.63) is 35.4 Å². The first-order valence-electron chi connectivity index (χ1n) is 10.2. The summed E-state index contributed by atoms with van der Waals surface area (Å²) in [5.74, 6) is 1.72. The molecular formula is C23H37NO4. The second-order valence-electron chi connectivity index (χ2n) is 7.62. The number of methoxy groups -OCH3 is 1. The monoisotopic (exact) mass is 391 g/mol. The third-order valence-electron chi connectivity index (χ3n) is 4.16. The molecule has 0 saturated carbocycles. The van der Waals surface area contributed by atoms with Crippen LogP contribution in [0, 0.1) is 6.92 Å². The van der Waals surface area contributed by atoms with Crippen molar-refractivity contribution < 1.29 is 19.0 Å². The minimum absolute atomic E-state index is 0.0138. The van der Waals surface area contributed by atoms with Gasteiger partial charge in [0.15, 0.2) is 0 Å². The Morgan fingerprint density at radius 3 is 2.50 bits per heavy atom. The van der Waals surface area contributed by atoms with Gasteiger partial charge in [-0.05, 0) is 64.0 Å². The van der Waals surface area contributed by atoms with Gasteiger partial charge in [0.05, 0.1) is 13.7 Å². The number of rotatable bonds is 5. The Morgan fingerprint density at radius 1 is 1.29 bits per heavy atom. The number of carbonyl (C=O) groups is 1. The summed E-state index contributed by atoms with van der Waals surface area (Å²) in [6, 6.07) is 6.05. The third-order valence-corrected chi connectivity index (χ3v) is 4.16. The molecule has 1 unspecified atom stereocenters. The first-order valence-corrected chi connectivity index (χ1v) is 10.2. The SMILES string of the molecule is CC.CC/C=C(\OC)c1ccc(OC2CCN(C(=O)OC(C)(C)C)C2)c(C)c1. The van der Waals surface area contributed by atoms with Crippen molar-refractivity contribution in [3.8, 4) is 5.75 Å². The molecule has 1 atom stereocenters. The van der Waals surface area contributed by atoms with Gasteiger partial charge >= 0.3 is 6.09 Å². The molecule has 1 amide bonds. The molecule has 0 N–H and O–H groups in total. The molecule has 1 saturated heterocycles. The minimum atomic E-state index is -0.479. The van der Waals surface area contributed by atoms with E-state index in [0.29, 0.717) is 13.1 Å². The van der Waals surface area contributed by atoms with E-state index in [1.807, 2.05) is 53.7 Å². The molecule has 5 heteroatoms. The largest absolute Gasteiger partial charge is 0.496 e. The Labute approximate surface area is 170 Å². The normalized spacial score (nSPS) is 16.9. The van der Waals surface area contributed by atoms with E-state index in [9.17, 15) is 4.79 Å². The lowest BCUT2D eigenvalue weighted by Gasteiger charge is -2.24. The first-order chi connectivity index (χ1) is 13.2. The Morgan fingerprint density at radius 2 is 1.96 bits per heavy atom. The van der Waals surface area contributed by atoms with Gasteiger partial charge in [-0.25, -0.2) is 4.79 Å². The molecule has 0 aromatic heterocycles. The van der Waals surface area contributed by atoms with Gasteiger partial charge in [-0.1, -0.05) is 20.8 Å². The summed E-state index contributed by atoms with van der Waals surface area (Å²) in [4.78, 5) is 13.9. The molecule has 1 heterocycles. The zero-order valence-corrected chi connectivity index (χ0v) is 18.8. The Kier molecular flexibility index (Phi) is 9.36. The molecule has 5 nitrogen and oxygen atoms in total. The van der Waals surface area contributed by atoms with Crippen molar-refractivity contribution in [3.63, 3.8) is 0 Å². The van der Waals surface area contributed by atoms with E-state index >= 15 is 0 Å². The Hall–Kier alpha value is -2.17. The molecule has 0 bridgehead atoms. The molecule has 0 radical (unpaired) electrons. The highest BCUT2D eigenvalue weighted by molar-refractivity contribution is 5.68. The average Bonchev–Trinajstić information content (AvgIpc) is 3.10. The van der Waals surface area contributed by atoms with Crippen molar-refractivity contribution in [2.24, 2.45) is 0 Å². The van der Waals surface area contributed by atoms with Gasteiger partial charge < -0.3 is 19.1 Å². The van der Waals surface area contributed by atoms with Crippen molar-refractivity contribution >= 4 is 11.9 Å². The summed E-state index contributed by atoms with van der Waals surface area (Å²) in [5.41, 5.74) is 1.62. The predicted molar refractivity (Wildman–Crippen MR) is 115 cm³/mol. The summed E-state index contributed by atoms with van der Waals surface area (Å²) in [7, 11) is 1.69. The maximum Gasteiger partial charge on any atom is 0.410 e. The summed E-state index contributed by atoms with van der Waals surface area (Å²) in [6.45, 7) is 14.9. The van der Waals surface area contributed by atoms with Crippen LogP contribution in [0.2, 0.25) is 0 Å². The van der Waals surface area contributed by atoms with Crippen LogP contribution in [0.4, 0.5) is 4.79 Å². The number of allylic oxidation sites excluding steroid dienone is 1. The Balaban J connectivity index is 0.00000190. The number of amides is 1. The number of carbonyl (C=O) groups excluding carboxylic acids is 1. The van der Waals surface area contributed by atoms with Crippen LogP contribution in [-0.2, 0) is 9.47 Å². The molecule has 0 spiro atoms. The number of nitrogens with zero attached hydrogens (tertiary/aromatic N) is 1. The molecule has 1 aromatic carbocycles. The number of hydrogen-bond acceptors (Lipinski definition) is 4. The summed E-state index contributed by atoms with van der Waals surface area (Å²) < 4.78 is 17.0. The van der Waals surface area contributed by atoms with Gasteiger partial charge in [0.25, 0.3) is 0 Å². The number of aryl methyl sites for hydroxylation is 1. The van der Waals surface area contributed by atoms with E-state index in [1.54, 1.807) is 12.0 Å². The van der Waals surface area contributed by atoms with Gasteiger partial charge in [-0.15, -0.1) is 0 Å². The van der Waals surface area contributed by atoms with E-state index in [0.717, 1.165) is 35.5 Å². The number of benzene rings is 1. The van der Waals surface area contributed by atoms with Crippen LogP contribution in [0.1, 0.15) is 65.5 Å². The van der Waals surface area contributed by atoms with Crippen molar-refractivity contribution in [1.82, 2.24) is 4.90 Å². The van der Waals surface area contributed by atoms with Crippen LogP contribution in [0.5, 0.6) is 5.75 Å².